The zero-order valence-electron chi connectivity index (χ0n) is 17.3. The van der Waals surface area contributed by atoms with Crippen molar-refractivity contribution in [1.82, 2.24) is 19.9 Å². The van der Waals surface area contributed by atoms with Gasteiger partial charge in [-0.2, -0.15) is 0 Å². The van der Waals surface area contributed by atoms with Gasteiger partial charge in [0.15, 0.2) is 5.76 Å². The Morgan fingerprint density at radius 3 is 2.30 bits per heavy atom. The van der Waals surface area contributed by atoms with E-state index in [0.29, 0.717) is 11.3 Å². The van der Waals surface area contributed by atoms with Gasteiger partial charge >= 0.3 is 0 Å². The average molecular weight is 405 g/mol. The zero-order chi connectivity index (χ0) is 20.3. The second kappa shape index (κ2) is 8.58. The van der Waals surface area contributed by atoms with Gasteiger partial charge in [-0.1, -0.05) is 35.5 Å². The van der Waals surface area contributed by atoms with E-state index >= 15 is 0 Å². The van der Waals surface area contributed by atoms with Crippen LogP contribution in [0, 0.1) is 0 Å². The van der Waals surface area contributed by atoms with E-state index in [1.54, 1.807) is 0 Å². The molecule has 1 aromatic heterocycles. The first kappa shape index (κ1) is 19.3. The Kier molecular flexibility index (Phi) is 5.51. The van der Waals surface area contributed by atoms with Gasteiger partial charge in [0.25, 0.3) is 5.91 Å². The third-order valence-electron chi connectivity index (χ3n) is 6.35. The lowest BCUT2D eigenvalue weighted by Gasteiger charge is -2.35. The molecule has 0 N–H and O–H groups in total. The summed E-state index contributed by atoms with van der Waals surface area (Å²) in [7, 11) is 0. The maximum absolute atomic E-state index is 13.1. The molecule has 0 spiro atoms. The first-order valence-electron chi connectivity index (χ1n) is 11.0. The normalized spacial score (nSPS) is 18.3. The van der Waals surface area contributed by atoms with Gasteiger partial charge < -0.3 is 14.3 Å². The van der Waals surface area contributed by atoms with Crippen LogP contribution in [0.15, 0.2) is 53.1 Å². The van der Waals surface area contributed by atoms with Gasteiger partial charge in [0.2, 0.25) is 0 Å². The zero-order valence-corrected chi connectivity index (χ0v) is 17.3. The van der Waals surface area contributed by atoms with Gasteiger partial charge in [-0.05, 0) is 44.1 Å². The second-order valence-corrected chi connectivity index (χ2v) is 8.29. The molecule has 0 unspecified atom stereocenters. The summed E-state index contributed by atoms with van der Waals surface area (Å²) in [6.45, 7) is 8.21. The van der Waals surface area contributed by atoms with Crippen LogP contribution in [-0.2, 0) is 0 Å². The number of carbonyl (C=O) groups excluding carboxylic acids is 1. The molecule has 6 nitrogen and oxygen atoms in total. The lowest BCUT2D eigenvalue weighted by atomic mass is 10.1. The fourth-order valence-electron chi connectivity index (χ4n) is 4.52. The van der Waals surface area contributed by atoms with Crippen molar-refractivity contribution < 1.29 is 9.32 Å². The number of fused-ring (bicyclic) bond motifs is 1. The molecule has 0 bridgehead atoms. The number of nitrogens with zero attached hydrogens (tertiary/aromatic N) is 4. The van der Waals surface area contributed by atoms with E-state index in [-0.39, 0.29) is 5.91 Å². The van der Waals surface area contributed by atoms with Crippen molar-refractivity contribution in [2.24, 2.45) is 0 Å². The third kappa shape index (κ3) is 3.98. The highest BCUT2D eigenvalue weighted by atomic mass is 16.5. The molecule has 1 amide bonds. The van der Waals surface area contributed by atoms with Crippen LogP contribution in [-0.4, -0.2) is 78.1 Å². The Balaban J connectivity index is 1.25. The summed E-state index contributed by atoms with van der Waals surface area (Å²) in [5.74, 6) is 0.809. The fraction of sp³-hybridized carbons (Fsp3) is 0.417. The van der Waals surface area contributed by atoms with E-state index in [1.807, 2.05) is 53.4 Å². The molecule has 2 aliphatic rings. The summed E-state index contributed by atoms with van der Waals surface area (Å²) in [6.07, 6.45) is 2.68. The first-order valence-corrected chi connectivity index (χ1v) is 11.0. The number of likely N-dealkylation sites (tertiary alicyclic amines) is 1. The van der Waals surface area contributed by atoms with Crippen LogP contribution in [0.1, 0.15) is 23.2 Å². The lowest BCUT2D eigenvalue weighted by Crippen LogP contribution is -2.50. The summed E-state index contributed by atoms with van der Waals surface area (Å²) >= 11 is 0. The smallest absolute Gasteiger partial charge is 0.253 e. The fourth-order valence-corrected chi connectivity index (χ4v) is 4.52. The molecule has 0 atom stereocenters. The minimum absolute atomic E-state index is 0.0938. The number of benzene rings is 2. The minimum Gasteiger partial charge on any atom is -0.355 e. The van der Waals surface area contributed by atoms with E-state index in [0.717, 1.165) is 55.7 Å². The maximum atomic E-state index is 13.1. The predicted molar refractivity (Wildman–Crippen MR) is 117 cm³/mol. The third-order valence-corrected chi connectivity index (χ3v) is 6.35. The monoisotopic (exact) mass is 404 g/mol. The number of carbonyl (C=O) groups is 1. The molecular formula is C24H28N4O2. The highest BCUT2D eigenvalue weighted by Gasteiger charge is 2.23. The maximum Gasteiger partial charge on any atom is 0.253 e. The molecule has 156 valence electrons. The lowest BCUT2D eigenvalue weighted by molar-refractivity contribution is 0.0627. The Bertz CT molecular complexity index is 1000. The van der Waals surface area contributed by atoms with Crippen LogP contribution >= 0.6 is 0 Å². The molecule has 3 heterocycles. The summed E-state index contributed by atoms with van der Waals surface area (Å²) in [5, 5.41) is 5.05. The molecule has 0 saturated carbocycles. The molecule has 6 heteroatoms. The largest absolute Gasteiger partial charge is 0.355 e. The predicted octanol–water partition coefficient (Wildman–Crippen LogP) is 3.35. The number of rotatable bonds is 5. The summed E-state index contributed by atoms with van der Waals surface area (Å²) in [4.78, 5) is 20.1. The van der Waals surface area contributed by atoms with E-state index in [2.05, 4.69) is 15.0 Å². The molecular weight excluding hydrogens is 376 g/mol. The number of aromatic nitrogens is 1. The minimum atomic E-state index is 0.0938. The van der Waals surface area contributed by atoms with Gasteiger partial charge in [-0.15, -0.1) is 0 Å². The molecule has 0 aliphatic carbocycles. The van der Waals surface area contributed by atoms with Crippen LogP contribution in [0.4, 0.5) is 0 Å². The van der Waals surface area contributed by atoms with Crippen LogP contribution in [0.3, 0.4) is 0 Å². The van der Waals surface area contributed by atoms with Gasteiger partial charge in [-0.25, -0.2) is 0 Å². The second-order valence-electron chi connectivity index (χ2n) is 8.29. The van der Waals surface area contributed by atoms with Gasteiger partial charge in [-0.3, -0.25) is 9.69 Å². The van der Waals surface area contributed by atoms with Crippen molar-refractivity contribution in [1.29, 1.82) is 0 Å². The molecule has 3 aromatic rings. The van der Waals surface area contributed by atoms with Crippen molar-refractivity contribution in [3.05, 3.63) is 54.1 Å². The standard InChI is InChI=1S/C24H28N4O2/c29-24(28-16-14-27(15-17-28)13-12-26-10-4-5-11-26)20-8-9-22-21(18-20)23(30-25-22)19-6-2-1-3-7-19/h1-3,6-9,18H,4-5,10-17H2. The van der Waals surface area contributed by atoms with Crippen LogP contribution < -0.4 is 0 Å². The van der Waals surface area contributed by atoms with E-state index in [1.165, 1.54) is 25.9 Å². The number of hydrogen-bond acceptors (Lipinski definition) is 5. The van der Waals surface area contributed by atoms with Crippen molar-refractivity contribution in [2.45, 2.75) is 12.8 Å². The Labute approximate surface area is 177 Å². The quantitative estimate of drug-likeness (QED) is 0.653. The molecule has 2 saturated heterocycles. The topological polar surface area (TPSA) is 52.8 Å². The van der Waals surface area contributed by atoms with Crippen LogP contribution in [0.5, 0.6) is 0 Å². The molecule has 2 fully saturated rings. The highest BCUT2D eigenvalue weighted by molar-refractivity contribution is 6.01. The van der Waals surface area contributed by atoms with Crippen molar-refractivity contribution in [3.8, 4) is 11.3 Å². The first-order chi connectivity index (χ1) is 14.8. The van der Waals surface area contributed by atoms with Crippen molar-refractivity contribution >= 4 is 16.8 Å². The van der Waals surface area contributed by atoms with E-state index in [9.17, 15) is 4.79 Å². The number of hydrogen-bond donors (Lipinski definition) is 0. The SMILES string of the molecule is O=C(c1ccc2noc(-c3ccccc3)c2c1)N1CCN(CCN2CCCC2)CC1. The summed E-state index contributed by atoms with van der Waals surface area (Å²) in [5.41, 5.74) is 2.45. The average Bonchev–Trinajstić information content (AvgIpc) is 3.47. The molecule has 0 radical (unpaired) electrons. The van der Waals surface area contributed by atoms with Gasteiger partial charge in [0, 0.05) is 50.4 Å². The van der Waals surface area contributed by atoms with Crippen LogP contribution in [0.2, 0.25) is 0 Å². The van der Waals surface area contributed by atoms with E-state index in [4.69, 9.17) is 4.52 Å². The highest BCUT2D eigenvalue weighted by Crippen LogP contribution is 2.29. The molecule has 2 aliphatic heterocycles. The number of amides is 1. The van der Waals surface area contributed by atoms with Gasteiger partial charge in [0.05, 0.1) is 5.39 Å². The van der Waals surface area contributed by atoms with Crippen molar-refractivity contribution in [3.63, 3.8) is 0 Å². The molecule has 2 aromatic carbocycles. The number of piperazine rings is 1. The summed E-state index contributed by atoms with van der Waals surface area (Å²) < 4.78 is 5.58. The van der Waals surface area contributed by atoms with Crippen LogP contribution in [0.25, 0.3) is 22.2 Å². The molecule has 5 rings (SSSR count). The Morgan fingerprint density at radius 1 is 0.867 bits per heavy atom. The summed E-state index contributed by atoms with van der Waals surface area (Å²) in [6, 6.07) is 15.6. The Hall–Kier alpha value is -2.70. The van der Waals surface area contributed by atoms with E-state index < -0.39 is 0 Å². The molecule has 30 heavy (non-hydrogen) atoms. The van der Waals surface area contributed by atoms with Crippen molar-refractivity contribution in [2.75, 3.05) is 52.4 Å². The Morgan fingerprint density at radius 2 is 1.57 bits per heavy atom. The van der Waals surface area contributed by atoms with Gasteiger partial charge in [0.1, 0.15) is 5.52 Å².